The van der Waals surface area contributed by atoms with Crippen molar-refractivity contribution in [1.29, 1.82) is 0 Å². The molecule has 0 spiro atoms. The second kappa shape index (κ2) is 9.47. The number of hydrogen-bond acceptors (Lipinski definition) is 5. The summed E-state index contributed by atoms with van der Waals surface area (Å²) in [7, 11) is 0. The van der Waals surface area contributed by atoms with Crippen LogP contribution in [0.2, 0.25) is 0 Å². The Kier molecular flexibility index (Phi) is 7.01. The Labute approximate surface area is 147 Å². The molecule has 0 saturated heterocycles. The number of hydrogen-bond donors (Lipinski definition) is 0. The third kappa shape index (κ3) is 5.35. The smallest absolute Gasteiger partial charge is 0.466 e. The molecule has 132 valence electrons. The van der Waals surface area contributed by atoms with Crippen molar-refractivity contribution >= 4 is 12.1 Å². The van der Waals surface area contributed by atoms with Crippen molar-refractivity contribution in [1.82, 2.24) is 0 Å². The number of rotatable bonds is 7. The predicted molar refractivity (Wildman–Crippen MR) is 93.6 cm³/mol. The number of benzene rings is 2. The van der Waals surface area contributed by atoms with Crippen molar-refractivity contribution in [2.45, 2.75) is 26.2 Å². The summed E-state index contributed by atoms with van der Waals surface area (Å²) < 4.78 is 15.3. The molecule has 2 aromatic rings. The number of para-hydroxylation sites is 1. The van der Waals surface area contributed by atoms with Gasteiger partial charge in [0.25, 0.3) is 0 Å². The standard InChI is InChI=1S/C20H22O5/c1-3-23-19(21)17(14-15-10-6-5-7-11-15)16-12-8-9-13-18(16)25-20(22)24-4-2/h5-13,17H,3-4,14H2,1-2H3. The number of carbonyl (C=O) groups is 2. The molecular formula is C20H22O5. The fraction of sp³-hybridized carbons (Fsp3) is 0.300. The van der Waals surface area contributed by atoms with Gasteiger partial charge in [0, 0.05) is 5.56 Å². The minimum Gasteiger partial charge on any atom is -0.466 e. The summed E-state index contributed by atoms with van der Waals surface area (Å²) >= 11 is 0. The van der Waals surface area contributed by atoms with E-state index < -0.39 is 12.1 Å². The van der Waals surface area contributed by atoms with Gasteiger partial charge in [0.15, 0.2) is 0 Å². The van der Waals surface area contributed by atoms with Crippen molar-refractivity contribution in [3.63, 3.8) is 0 Å². The van der Waals surface area contributed by atoms with E-state index in [9.17, 15) is 9.59 Å². The van der Waals surface area contributed by atoms with Crippen LogP contribution in [0.1, 0.15) is 30.9 Å². The van der Waals surface area contributed by atoms with Gasteiger partial charge in [-0.05, 0) is 31.9 Å². The van der Waals surface area contributed by atoms with Crippen LogP contribution in [0.3, 0.4) is 0 Å². The molecule has 1 atom stereocenters. The van der Waals surface area contributed by atoms with E-state index in [0.29, 0.717) is 17.7 Å². The molecule has 0 saturated carbocycles. The summed E-state index contributed by atoms with van der Waals surface area (Å²) in [6, 6.07) is 16.6. The van der Waals surface area contributed by atoms with Crippen molar-refractivity contribution in [3.05, 3.63) is 65.7 Å². The van der Waals surface area contributed by atoms with Crippen LogP contribution in [-0.2, 0) is 20.7 Å². The van der Waals surface area contributed by atoms with Crippen LogP contribution in [0.4, 0.5) is 4.79 Å². The Hall–Kier alpha value is -2.82. The van der Waals surface area contributed by atoms with E-state index in [-0.39, 0.29) is 19.2 Å². The highest BCUT2D eigenvalue weighted by atomic mass is 16.7. The molecule has 0 N–H and O–H groups in total. The normalized spacial score (nSPS) is 11.4. The lowest BCUT2D eigenvalue weighted by atomic mass is 9.91. The molecule has 0 bridgehead atoms. The second-order valence-electron chi connectivity index (χ2n) is 5.32. The Morgan fingerprint density at radius 1 is 0.880 bits per heavy atom. The van der Waals surface area contributed by atoms with Crippen LogP contribution in [0.15, 0.2) is 54.6 Å². The van der Waals surface area contributed by atoms with Crippen LogP contribution < -0.4 is 4.74 Å². The average molecular weight is 342 g/mol. The molecule has 5 heteroatoms. The number of esters is 1. The fourth-order valence-electron chi connectivity index (χ4n) is 2.51. The monoisotopic (exact) mass is 342 g/mol. The van der Waals surface area contributed by atoms with Gasteiger partial charge in [-0.15, -0.1) is 0 Å². The molecule has 0 radical (unpaired) electrons. The Balaban J connectivity index is 2.33. The van der Waals surface area contributed by atoms with Crippen LogP contribution in [0.25, 0.3) is 0 Å². The zero-order chi connectivity index (χ0) is 18.1. The highest BCUT2D eigenvalue weighted by molar-refractivity contribution is 5.80. The summed E-state index contributed by atoms with van der Waals surface area (Å²) in [5.41, 5.74) is 1.59. The quantitative estimate of drug-likeness (QED) is 0.560. The lowest BCUT2D eigenvalue weighted by Gasteiger charge is -2.19. The summed E-state index contributed by atoms with van der Waals surface area (Å²) in [5.74, 6) is -0.630. The van der Waals surface area contributed by atoms with Crippen LogP contribution in [-0.4, -0.2) is 25.3 Å². The van der Waals surface area contributed by atoms with Crippen LogP contribution in [0, 0.1) is 0 Å². The molecular weight excluding hydrogens is 320 g/mol. The first-order valence-corrected chi connectivity index (χ1v) is 8.29. The van der Waals surface area contributed by atoms with Crippen molar-refractivity contribution in [3.8, 4) is 5.75 Å². The van der Waals surface area contributed by atoms with E-state index in [4.69, 9.17) is 14.2 Å². The highest BCUT2D eigenvalue weighted by Gasteiger charge is 2.26. The largest absolute Gasteiger partial charge is 0.513 e. The van der Waals surface area contributed by atoms with Gasteiger partial charge in [0.2, 0.25) is 0 Å². The summed E-state index contributed by atoms with van der Waals surface area (Å²) in [6.45, 7) is 3.96. The first-order valence-electron chi connectivity index (χ1n) is 8.29. The average Bonchev–Trinajstić information content (AvgIpc) is 2.61. The van der Waals surface area contributed by atoms with Gasteiger partial charge >= 0.3 is 12.1 Å². The van der Waals surface area contributed by atoms with Gasteiger partial charge in [-0.25, -0.2) is 4.79 Å². The van der Waals surface area contributed by atoms with E-state index in [1.54, 1.807) is 38.1 Å². The molecule has 0 fully saturated rings. The Morgan fingerprint density at radius 3 is 2.20 bits per heavy atom. The minimum absolute atomic E-state index is 0.215. The van der Waals surface area contributed by atoms with Crippen molar-refractivity contribution < 1.29 is 23.8 Å². The minimum atomic E-state index is -0.794. The molecule has 2 aromatic carbocycles. The van der Waals surface area contributed by atoms with Gasteiger partial charge in [0.1, 0.15) is 5.75 Å². The molecule has 2 rings (SSSR count). The highest BCUT2D eigenvalue weighted by Crippen LogP contribution is 2.31. The van der Waals surface area contributed by atoms with Gasteiger partial charge in [-0.2, -0.15) is 0 Å². The Bertz CT molecular complexity index is 696. The maximum Gasteiger partial charge on any atom is 0.513 e. The molecule has 5 nitrogen and oxygen atoms in total. The van der Waals surface area contributed by atoms with Crippen LogP contribution in [0.5, 0.6) is 5.75 Å². The number of carbonyl (C=O) groups excluding carboxylic acids is 2. The van der Waals surface area contributed by atoms with E-state index in [0.717, 1.165) is 5.56 Å². The van der Waals surface area contributed by atoms with Crippen molar-refractivity contribution in [2.75, 3.05) is 13.2 Å². The van der Waals surface area contributed by atoms with Crippen molar-refractivity contribution in [2.24, 2.45) is 0 Å². The molecule has 0 aliphatic carbocycles. The first-order chi connectivity index (χ1) is 12.2. The molecule has 0 aromatic heterocycles. The summed E-state index contributed by atoms with van der Waals surface area (Å²) in [4.78, 5) is 24.2. The third-order valence-electron chi connectivity index (χ3n) is 3.60. The molecule has 0 aliphatic rings. The molecule has 1 unspecified atom stereocenters. The third-order valence-corrected chi connectivity index (χ3v) is 3.60. The predicted octanol–water partition coefficient (Wildman–Crippen LogP) is 4.11. The maximum absolute atomic E-state index is 12.5. The number of ether oxygens (including phenoxy) is 3. The lowest BCUT2D eigenvalue weighted by Crippen LogP contribution is -2.20. The molecule has 0 amide bonds. The van der Waals surface area contributed by atoms with Gasteiger partial charge < -0.3 is 14.2 Å². The zero-order valence-corrected chi connectivity index (χ0v) is 14.4. The van der Waals surface area contributed by atoms with Gasteiger partial charge in [-0.1, -0.05) is 48.5 Å². The second-order valence-corrected chi connectivity index (χ2v) is 5.32. The Morgan fingerprint density at radius 2 is 1.52 bits per heavy atom. The van der Waals surface area contributed by atoms with Gasteiger partial charge in [-0.3, -0.25) is 4.79 Å². The lowest BCUT2D eigenvalue weighted by molar-refractivity contribution is -0.145. The molecule has 0 heterocycles. The van der Waals surface area contributed by atoms with E-state index in [2.05, 4.69) is 0 Å². The SMILES string of the molecule is CCOC(=O)Oc1ccccc1C(Cc1ccccc1)C(=O)OCC. The van der Waals surface area contributed by atoms with E-state index >= 15 is 0 Å². The zero-order valence-electron chi connectivity index (χ0n) is 14.4. The summed E-state index contributed by atoms with van der Waals surface area (Å²) in [6.07, 6.45) is -0.347. The molecule has 25 heavy (non-hydrogen) atoms. The summed E-state index contributed by atoms with van der Waals surface area (Å²) in [5, 5.41) is 0. The van der Waals surface area contributed by atoms with Crippen LogP contribution >= 0.6 is 0 Å². The van der Waals surface area contributed by atoms with E-state index in [1.807, 2.05) is 30.3 Å². The maximum atomic E-state index is 12.5. The first kappa shape index (κ1) is 18.5. The fourth-order valence-corrected chi connectivity index (χ4v) is 2.51. The molecule has 0 aliphatic heterocycles. The van der Waals surface area contributed by atoms with Gasteiger partial charge in [0.05, 0.1) is 19.1 Å². The van der Waals surface area contributed by atoms with E-state index in [1.165, 1.54) is 0 Å². The topological polar surface area (TPSA) is 61.8 Å².